The van der Waals surface area contributed by atoms with Gasteiger partial charge in [-0.2, -0.15) is 0 Å². The van der Waals surface area contributed by atoms with Crippen molar-refractivity contribution in [2.75, 3.05) is 11.9 Å². The third kappa shape index (κ3) is 3.90. The molecule has 0 unspecified atom stereocenters. The quantitative estimate of drug-likeness (QED) is 0.693. The largest absolute Gasteiger partial charge is 0.478 e. The number of hydrogen-bond donors (Lipinski definition) is 3. The zero-order chi connectivity index (χ0) is 13.8. The van der Waals surface area contributed by atoms with Crippen LogP contribution in [0.15, 0.2) is 6.20 Å². The normalized spacial score (nSPS) is 13.9. The highest BCUT2D eigenvalue weighted by atomic mass is 16.4. The molecule has 0 aromatic carbocycles. The number of carboxylic acids is 1. The molecule has 1 saturated carbocycles. The zero-order valence-electron chi connectivity index (χ0n) is 10.6. The van der Waals surface area contributed by atoms with Gasteiger partial charge in [0.05, 0.1) is 11.3 Å². The molecule has 3 N–H and O–H groups in total. The van der Waals surface area contributed by atoms with Crippen LogP contribution >= 0.6 is 0 Å². The van der Waals surface area contributed by atoms with E-state index < -0.39 is 5.97 Å². The number of hydrogen-bond acceptors (Lipinski definition) is 5. The topological polar surface area (TPSA) is 104 Å². The minimum atomic E-state index is -1.05. The van der Waals surface area contributed by atoms with E-state index in [0.29, 0.717) is 30.6 Å². The number of amides is 1. The minimum absolute atomic E-state index is 0.00822. The van der Waals surface area contributed by atoms with Crippen molar-refractivity contribution in [2.45, 2.75) is 32.2 Å². The number of rotatable bonds is 6. The summed E-state index contributed by atoms with van der Waals surface area (Å²) in [7, 11) is 0. The fraction of sp³-hybridized carbons (Fsp3) is 0.500. The number of carboxylic acid groups (broad SMARTS) is 1. The molecule has 1 fully saturated rings. The molecule has 7 heteroatoms. The molecule has 0 spiro atoms. The van der Waals surface area contributed by atoms with Crippen LogP contribution < -0.4 is 10.6 Å². The summed E-state index contributed by atoms with van der Waals surface area (Å²) in [6.45, 7) is 2.03. The van der Waals surface area contributed by atoms with E-state index in [1.807, 2.05) is 0 Å². The Balaban J connectivity index is 1.80. The Morgan fingerprint density at radius 3 is 2.79 bits per heavy atom. The molecule has 19 heavy (non-hydrogen) atoms. The second kappa shape index (κ2) is 5.64. The highest BCUT2D eigenvalue weighted by Crippen LogP contribution is 2.18. The van der Waals surface area contributed by atoms with E-state index in [1.54, 1.807) is 6.92 Å². The first kappa shape index (κ1) is 13.3. The summed E-state index contributed by atoms with van der Waals surface area (Å²) in [5, 5.41) is 14.6. The summed E-state index contributed by atoms with van der Waals surface area (Å²) in [6, 6.07) is 0.362. The van der Waals surface area contributed by atoms with Crippen molar-refractivity contribution < 1.29 is 14.7 Å². The van der Waals surface area contributed by atoms with E-state index in [4.69, 9.17) is 5.11 Å². The maximum Gasteiger partial charge on any atom is 0.339 e. The lowest BCUT2D eigenvalue weighted by Crippen LogP contribution is -2.27. The molecule has 1 aliphatic carbocycles. The van der Waals surface area contributed by atoms with Gasteiger partial charge in [-0.3, -0.25) is 4.79 Å². The Morgan fingerprint density at radius 1 is 1.47 bits per heavy atom. The van der Waals surface area contributed by atoms with Crippen LogP contribution in [0.4, 0.5) is 5.95 Å². The maximum atomic E-state index is 11.4. The lowest BCUT2D eigenvalue weighted by atomic mass is 10.2. The molecule has 0 aliphatic heterocycles. The molecular weight excluding hydrogens is 248 g/mol. The van der Waals surface area contributed by atoms with Crippen molar-refractivity contribution >= 4 is 17.8 Å². The highest BCUT2D eigenvalue weighted by molar-refractivity contribution is 5.88. The smallest absolute Gasteiger partial charge is 0.339 e. The Morgan fingerprint density at radius 2 is 2.21 bits per heavy atom. The molecule has 2 rings (SSSR count). The summed E-state index contributed by atoms with van der Waals surface area (Å²) in [4.78, 5) is 30.1. The number of nitrogens with one attached hydrogen (secondary N) is 2. The molecule has 1 aromatic rings. The van der Waals surface area contributed by atoms with Gasteiger partial charge in [0.15, 0.2) is 0 Å². The predicted molar refractivity (Wildman–Crippen MR) is 68.0 cm³/mol. The van der Waals surface area contributed by atoms with Crippen molar-refractivity contribution in [1.82, 2.24) is 15.3 Å². The van der Waals surface area contributed by atoms with Crippen molar-refractivity contribution in [1.29, 1.82) is 0 Å². The van der Waals surface area contributed by atoms with Crippen LogP contribution in [0.1, 0.15) is 35.3 Å². The van der Waals surface area contributed by atoms with E-state index in [1.165, 1.54) is 6.20 Å². The number of anilines is 1. The van der Waals surface area contributed by atoms with Crippen LogP contribution in [-0.2, 0) is 4.79 Å². The van der Waals surface area contributed by atoms with Gasteiger partial charge in [-0.25, -0.2) is 14.8 Å². The standard InChI is InChI=1S/C12H16N4O3/c1-7-9(11(18)19)6-14-12(15-7)13-5-4-10(17)16-8-2-3-8/h6,8H,2-5H2,1H3,(H,16,17)(H,18,19)(H,13,14,15). The number of aromatic nitrogens is 2. The van der Waals surface area contributed by atoms with Gasteiger partial charge in [0.25, 0.3) is 0 Å². The van der Waals surface area contributed by atoms with Crippen LogP contribution in [0.2, 0.25) is 0 Å². The average Bonchev–Trinajstić information content (AvgIpc) is 3.12. The molecule has 1 amide bonds. The maximum absolute atomic E-state index is 11.4. The molecule has 0 radical (unpaired) electrons. The highest BCUT2D eigenvalue weighted by Gasteiger charge is 2.22. The van der Waals surface area contributed by atoms with Crippen LogP contribution in [0.5, 0.6) is 0 Å². The molecule has 0 bridgehead atoms. The fourth-order valence-electron chi connectivity index (χ4n) is 1.58. The van der Waals surface area contributed by atoms with E-state index in [-0.39, 0.29) is 11.5 Å². The zero-order valence-corrected chi connectivity index (χ0v) is 10.6. The molecule has 1 heterocycles. The molecule has 7 nitrogen and oxygen atoms in total. The average molecular weight is 264 g/mol. The molecule has 102 valence electrons. The summed E-state index contributed by atoms with van der Waals surface area (Å²) < 4.78 is 0. The van der Waals surface area contributed by atoms with E-state index >= 15 is 0 Å². The van der Waals surface area contributed by atoms with Gasteiger partial charge >= 0.3 is 5.97 Å². The summed E-state index contributed by atoms with van der Waals surface area (Å²) >= 11 is 0. The molecule has 0 saturated heterocycles. The van der Waals surface area contributed by atoms with Gasteiger partial charge in [-0.1, -0.05) is 0 Å². The van der Waals surface area contributed by atoms with Crippen LogP contribution in [-0.4, -0.2) is 39.5 Å². The second-order valence-corrected chi connectivity index (χ2v) is 4.52. The summed E-state index contributed by atoms with van der Waals surface area (Å²) in [6.07, 6.45) is 3.74. The minimum Gasteiger partial charge on any atom is -0.478 e. The molecule has 0 atom stereocenters. The van der Waals surface area contributed by atoms with Crippen LogP contribution in [0.25, 0.3) is 0 Å². The van der Waals surface area contributed by atoms with Crippen LogP contribution in [0, 0.1) is 6.92 Å². The van der Waals surface area contributed by atoms with Gasteiger partial charge in [0.1, 0.15) is 0 Å². The summed E-state index contributed by atoms with van der Waals surface area (Å²) in [5.41, 5.74) is 0.476. The van der Waals surface area contributed by atoms with Gasteiger partial charge in [-0.05, 0) is 19.8 Å². The third-order valence-corrected chi connectivity index (χ3v) is 2.79. The lowest BCUT2D eigenvalue weighted by molar-refractivity contribution is -0.120. The Hall–Kier alpha value is -2.18. The molecule has 1 aromatic heterocycles. The summed E-state index contributed by atoms with van der Waals surface area (Å²) in [5.74, 6) is -0.705. The van der Waals surface area contributed by atoms with E-state index in [0.717, 1.165) is 12.8 Å². The first-order chi connectivity index (χ1) is 9.06. The lowest BCUT2D eigenvalue weighted by Gasteiger charge is -2.07. The fourth-order valence-corrected chi connectivity index (χ4v) is 1.58. The van der Waals surface area contributed by atoms with Gasteiger partial charge in [0.2, 0.25) is 11.9 Å². The monoisotopic (exact) mass is 264 g/mol. The molecular formula is C12H16N4O3. The van der Waals surface area contributed by atoms with Crippen molar-refractivity contribution in [3.8, 4) is 0 Å². The van der Waals surface area contributed by atoms with Gasteiger partial charge in [-0.15, -0.1) is 0 Å². The first-order valence-electron chi connectivity index (χ1n) is 6.16. The number of aromatic carboxylic acids is 1. The number of carbonyl (C=O) groups is 2. The second-order valence-electron chi connectivity index (χ2n) is 4.52. The SMILES string of the molecule is Cc1nc(NCCC(=O)NC2CC2)ncc1C(=O)O. The van der Waals surface area contributed by atoms with E-state index in [9.17, 15) is 9.59 Å². The van der Waals surface area contributed by atoms with Gasteiger partial charge in [0, 0.05) is 25.2 Å². The van der Waals surface area contributed by atoms with Crippen molar-refractivity contribution in [3.05, 3.63) is 17.5 Å². The predicted octanol–water partition coefficient (Wildman–Crippen LogP) is 0.564. The number of carbonyl (C=O) groups excluding carboxylic acids is 1. The number of nitrogens with zero attached hydrogens (tertiary/aromatic N) is 2. The Kier molecular flexibility index (Phi) is 3.94. The van der Waals surface area contributed by atoms with Crippen molar-refractivity contribution in [2.24, 2.45) is 0 Å². The number of aryl methyl sites for hydroxylation is 1. The van der Waals surface area contributed by atoms with Crippen LogP contribution in [0.3, 0.4) is 0 Å². The first-order valence-corrected chi connectivity index (χ1v) is 6.16. The molecule has 1 aliphatic rings. The Bertz CT molecular complexity index is 500. The van der Waals surface area contributed by atoms with Gasteiger partial charge < -0.3 is 15.7 Å². The van der Waals surface area contributed by atoms with E-state index in [2.05, 4.69) is 20.6 Å². The Labute approximate surface area is 110 Å². The third-order valence-electron chi connectivity index (χ3n) is 2.79. The van der Waals surface area contributed by atoms with Crippen molar-refractivity contribution in [3.63, 3.8) is 0 Å².